The van der Waals surface area contributed by atoms with Crippen LogP contribution < -0.4 is 0 Å². The van der Waals surface area contributed by atoms with Crippen LogP contribution in [0.15, 0.2) is 40.9 Å². The molecule has 5 heteroatoms. The molecule has 0 atom stereocenters. The highest BCUT2D eigenvalue weighted by atomic mass is 35.5. The highest BCUT2D eigenvalue weighted by Gasteiger charge is 2.47. The molecule has 1 aliphatic heterocycles. The largest absolute Gasteiger partial charge is 0.465 e. The Morgan fingerprint density at radius 1 is 0.821 bits per heavy atom. The van der Waals surface area contributed by atoms with E-state index in [0.717, 1.165) is 5.56 Å². The summed E-state index contributed by atoms with van der Waals surface area (Å²) in [5.41, 5.74) is 1.72. The van der Waals surface area contributed by atoms with E-state index in [-0.39, 0.29) is 22.4 Å². The first kappa shape index (κ1) is 19.7. The maximum Gasteiger partial charge on any atom is 0.163 e. The molecule has 28 heavy (non-hydrogen) atoms. The van der Waals surface area contributed by atoms with E-state index in [0.29, 0.717) is 58.4 Å². The van der Waals surface area contributed by atoms with Crippen molar-refractivity contribution in [3.63, 3.8) is 0 Å². The molecule has 0 aromatic heterocycles. The van der Waals surface area contributed by atoms with Gasteiger partial charge in [0.1, 0.15) is 11.5 Å². The van der Waals surface area contributed by atoms with Crippen molar-refractivity contribution in [3.05, 3.63) is 56.5 Å². The van der Waals surface area contributed by atoms with Gasteiger partial charge in [-0.25, -0.2) is 0 Å². The van der Waals surface area contributed by atoms with Gasteiger partial charge in [0.25, 0.3) is 0 Å². The summed E-state index contributed by atoms with van der Waals surface area (Å²) in [6.45, 7) is 8.30. The van der Waals surface area contributed by atoms with E-state index in [1.807, 2.05) is 6.07 Å². The Balaban J connectivity index is 1.93. The molecular weight excluding hydrogens is 395 g/mol. The first-order chi connectivity index (χ1) is 13.0. The molecule has 0 spiro atoms. The standard InChI is InChI=1S/C23H24Cl2O3/c1-22(2)8-15(26)20-17(10-22)28-18-11-23(3,4)9-16(27)21(18)19(20)12-5-6-13(24)14(25)7-12/h5-7,19H,8-11H2,1-4H3. The Bertz CT molecular complexity index is 914. The number of rotatable bonds is 1. The van der Waals surface area contributed by atoms with Gasteiger partial charge in [-0.1, -0.05) is 57.0 Å². The van der Waals surface area contributed by atoms with Gasteiger partial charge in [-0.05, 0) is 28.5 Å². The third-order valence-electron chi connectivity index (χ3n) is 5.86. The topological polar surface area (TPSA) is 43.4 Å². The fourth-order valence-corrected chi connectivity index (χ4v) is 5.01. The van der Waals surface area contributed by atoms with E-state index < -0.39 is 5.92 Å². The average Bonchev–Trinajstić information content (AvgIpc) is 2.53. The molecule has 1 aromatic carbocycles. The maximum absolute atomic E-state index is 13.2. The molecule has 3 aliphatic rings. The van der Waals surface area contributed by atoms with E-state index in [2.05, 4.69) is 27.7 Å². The lowest BCUT2D eigenvalue weighted by Crippen LogP contribution is -2.37. The number of benzene rings is 1. The molecule has 148 valence electrons. The van der Waals surface area contributed by atoms with Crippen LogP contribution in [0.25, 0.3) is 0 Å². The van der Waals surface area contributed by atoms with Crippen LogP contribution in [-0.2, 0) is 14.3 Å². The highest BCUT2D eigenvalue weighted by Crippen LogP contribution is 2.53. The van der Waals surface area contributed by atoms with E-state index in [1.165, 1.54) is 0 Å². The molecule has 0 N–H and O–H groups in total. The monoisotopic (exact) mass is 418 g/mol. The maximum atomic E-state index is 13.2. The van der Waals surface area contributed by atoms with Gasteiger partial charge in [-0.2, -0.15) is 0 Å². The van der Waals surface area contributed by atoms with Crippen LogP contribution in [0.4, 0.5) is 0 Å². The zero-order chi connectivity index (χ0) is 20.4. The minimum atomic E-state index is -0.430. The minimum Gasteiger partial charge on any atom is -0.465 e. The van der Waals surface area contributed by atoms with Crippen molar-refractivity contribution in [3.8, 4) is 0 Å². The Kier molecular flexibility index (Phi) is 4.55. The molecule has 0 bridgehead atoms. The lowest BCUT2D eigenvalue weighted by Gasteiger charge is -2.42. The van der Waals surface area contributed by atoms with Gasteiger partial charge in [0, 0.05) is 42.7 Å². The number of Topliss-reactive ketones (excluding diaryl/α,β-unsaturated/α-hetero) is 2. The number of hydrogen-bond acceptors (Lipinski definition) is 3. The summed E-state index contributed by atoms with van der Waals surface area (Å²) >= 11 is 12.4. The fraction of sp³-hybridized carbons (Fsp3) is 0.478. The molecular formula is C23H24Cl2O3. The van der Waals surface area contributed by atoms with E-state index in [9.17, 15) is 9.59 Å². The summed E-state index contributed by atoms with van der Waals surface area (Å²) in [5, 5.41) is 0.871. The summed E-state index contributed by atoms with van der Waals surface area (Å²) in [6, 6.07) is 5.36. The summed E-state index contributed by atoms with van der Waals surface area (Å²) < 4.78 is 6.27. The minimum absolute atomic E-state index is 0.0477. The van der Waals surface area contributed by atoms with Crippen molar-refractivity contribution in [2.45, 2.75) is 59.3 Å². The first-order valence-electron chi connectivity index (χ1n) is 9.63. The smallest absolute Gasteiger partial charge is 0.163 e. The molecule has 0 saturated heterocycles. The van der Waals surface area contributed by atoms with Gasteiger partial charge in [-0.3, -0.25) is 9.59 Å². The number of ketones is 2. The Labute approximate surface area is 175 Å². The highest BCUT2D eigenvalue weighted by molar-refractivity contribution is 6.42. The Morgan fingerprint density at radius 2 is 1.32 bits per heavy atom. The van der Waals surface area contributed by atoms with Crippen molar-refractivity contribution >= 4 is 34.8 Å². The van der Waals surface area contributed by atoms with Crippen LogP contribution in [0.3, 0.4) is 0 Å². The van der Waals surface area contributed by atoms with Crippen LogP contribution in [0.5, 0.6) is 0 Å². The molecule has 0 amide bonds. The van der Waals surface area contributed by atoms with Crippen LogP contribution in [0.2, 0.25) is 10.0 Å². The molecule has 4 rings (SSSR count). The number of carbonyl (C=O) groups excluding carboxylic acids is 2. The van der Waals surface area contributed by atoms with Gasteiger partial charge in [0.15, 0.2) is 11.6 Å². The van der Waals surface area contributed by atoms with Gasteiger partial charge in [-0.15, -0.1) is 0 Å². The summed E-state index contributed by atoms with van der Waals surface area (Å²) in [6.07, 6.45) is 2.24. The second-order valence-electron chi connectivity index (χ2n) is 9.76. The molecule has 0 radical (unpaired) electrons. The Hall–Kier alpha value is -1.58. The predicted octanol–water partition coefficient (Wildman–Crippen LogP) is 6.39. The lowest BCUT2D eigenvalue weighted by atomic mass is 9.65. The third kappa shape index (κ3) is 3.33. The van der Waals surface area contributed by atoms with Crippen molar-refractivity contribution < 1.29 is 14.3 Å². The summed E-state index contributed by atoms with van der Waals surface area (Å²) in [4.78, 5) is 26.3. The normalized spacial score (nSPS) is 24.1. The molecule has 0 fully saturated rings. The van der Waals surface area contributed by atoms with Crippen molar-refractivity contribution in [2.75, 3.05) is 0 Å². The predicted molar refractivity (Wildman–Crippen MR) is 110 cm³/mol. The number of allylic oxidation sites excluding steroid dienone is 4. The van der Waals surface area contributed by atoms with Crippen LogP contribution in [-0.4, -0.2) is 11.6 Å². The second-order valence-corrected chi connectivity index (χ2v) is 10.6. The van der Waals surface area contributed by atoms with Gasteiger partial charge in [0.2, 0.25) is 0 Å². The second kappa shape index (κ2) is 6.47. The molecule has 3 nitrogen and oxygen atoms in total. The number of hydrogen-bond donors (Lipinski definition) is 0. The molecule has 0 saturated carbocycles. The van der Waals surface area contributed by atoms with Gasteiger partial charge in [0.05, 0.1) is 10.0 Å². The van der Waals surface area contributed by atoms with Gasteiger partial charge < -0.3 is 4.74 Å². The third-order valence-corrected chi connectivity index (χ3v) is 6.60. The molecule has 0 unspecified atom stereocenters. The van der Waals surface area contributed by atoms with Crippen molar-refractivity contribution in [2.24, 2.45) is 10.8 Å². The van der Waals surface area contributed by atoms with E-state index in [4.69, 9.17) is 27.9 Å². The molecule has 1 heterocycles. The van der Waals surface area contributed by atoms with Gasteiger partial charge >= 0.3 is 0 Å². The number of ether oxygens (including phenoxy) is 1. The number of halogens is 2. The lowest BCUT2D eigenvalue weighted by molar-refractivity contribution is -0.120. The molecule has 1 aromatic rings. The van der Waals surface area contributed by atoms with Crippen LogP contribution >= 0.6 is 23.2 Å². The van der Waals surface area contributed by atoms with Crippen molar-refractivity contribution in [1.29, 1.82) is 0 Å². The summed E-state index contributed by atoms with van der Waals surface area (Å²) in [7, 11) is 0. The van der Waals surface area contributed by atoms with Crippen molar-refractivity contribution in [1.82, 2.24) is 0 Å². The van der Waals surface area contributed by atoms with E-state index in [1.54, 1.807) is 12.1 Å². The average molecular weight is 419 g/mol. The molecule has 2 aliphatic carbocycles. The first-order valence-corrected chi connectivity index (χ1v) is 10.4. The number of carbonyl (C=O) groups is 2. The summed E-state index contributed by atoms with van der Waals surface area (Å²) in [5.74, 6) is 1.09. The zero-order valence-electron chi connectivity index (χ0n) is 16.6. The Morgan fingerprint density at radius 3 is 1.79 bits per heavy atom. The SMILES string of the molecule is CC1(C)CC(=O)C2=C(C1)OC1=C(C(=O)CC(C)(C)C1)C2c1ccc(Cl)c(Cl)c1. The van der Waals surface area contributed by atoms with Crippen LogP contribution in [0, 0.1) is 10.8 Å². The van der Waals surface area contributed by atoms with Crippen LogP contribution in [0.1, 0.15) is 64.9 Å². The van der Waals surface area contributed by atoms with E-state index >= 15 is 0 Å². The zero-order valence-corrected chi connectivity index (χ0v) is 18.1. The quantitative estimate of drug-likeness (QED) is 0.530. The fourth-order valence-electron chi connectivity index (χ4n) is 4.70.